The summed E-state index contributed by atoms with van der Waals surface area (Å²) in [6, 6.07) is 6.11. The third-order valence-corrected chi connectivity index (χ3v) is 5.26. The number of pyridine rings is 1. The van der Waals surface area contributed by atoms with E-state index in [0.717, 1.165) is 42.6 Å². The lowest BCUT2D eigenvalue weighted by Gasteiger charge is -2.16. The van der Waals surface area contributed by atoms with E-state index >= 15 is 0 Å². The molecule has 0 radical (unpaired) electrons. The number of hydrogen-bond acceptors (Lipinski definition) is 2. The van der Waals surface area contributed by atoms with Gasteiger partial charge >= 0.3 is 0 Å². The second kappa shape index (κ2) is 10.9. The maximum atomic E-state index is 12.4. The third-order valence-electron chi connectivity index (χ3n) is 5.26. The number of carbonyl (C=O) groups is 1. The summed E-state index contributed by atoms with van der Waals surface area (Å²) in [7, 11) is 0. The van der Waals surface area contributed by atoms with Gasteiger partial charge in [-0.15, -0.1) is 0 Å². The fraction of sp³-hybridized carbons (Fsp3) is 0.462. The van der Waals surface area contributed by atoms with Crippen LogP contribution in [-0.2, 0) is 19.4 Å². The van der Waals surface area contributed by atoms with Crippen molar-refractivity contribution < 1.29 is 4.79 Å². The number of carbonyl (C=O) groups excluding carboxylic acids is 1. The van der Waals surface area contributed by atoms with Gasteiger partial charge in [-0.3, -0.25) is 9.59 Å². The summed E-state index contributed by atoms with van der Waals surface area (Å²) in [5.74, 6) is -0.173. The first-order valence-corrected chi connectivity index (χ1v) is 11.0. The number of aromatic nitrogens is 1. The van der Waals surface area contributed by atoms with Gasteiger partial charge in [-0.05, 0) is 55.4 Å². The quantitative estimate of drug-likeness (QED) is 0.417. The summed E-state index contributed by atoms with van der Waals surface area (Å²) < 4.78 is 2.06. The Labute approximate surface area is 175 Å². The zero-order valence-electron chi connectivity index (χ0n) is 18.5. The number of hydrogen-bond donors (Lipinski definition) is 0. The average Bonchev–Trinajstić information content (AvgIpc) is 2.86. The van der Waals surface area contributed by atoms with E-state index in [9.17, 15) is 9.59 Å². The van der Waals surface area contributed by atoms with Crippen molar-refractivity contribution in [3.05, 3.63) is 63.5 Å². The van der Waals surface area contributed by atoms with E-state index in [2.05, 4.69) is 44.0 Å². The summed E-state index contributed by atoms with van der Waals surface area (Å²) in [5, 5.41) is 0. The molecular formula is C26H35NO2. The molecule has 3 rings (SSSR count). The van der Waals surface area contributed by atoms with Crippen molar-refractivity contribution in [3.63, 3.8) is 0 Å². The molecule has 0 saturated carbocycles. The highest BCUT2D eigenvalue weighted by Gasteiger charge is 2.18. The van der Waals surface area contributed by atoms with Crippen LogP contribution in [0.1, 0.15) is 86.8 Å². The Balaban J connectivity index is 0.000000941. The van der Waals surface area contributed by atoms with Gasteiger partial charge in [0.15, 0.2) is 11.2 Å². The molecule has 1 aromatic carbocycles. The number of aryl methyl sites for hydroxylation is 3. The number of ketones is 1. The lowest BCUT2D eigenvalue weighted by Crippen LogP contribution is -2.17. The first-order chi connectivity index (χ1) is 14.0. The Morgan fingerprint density at radius 3 is 2.52 bits per heavy atom. The summed E-state index contributed by atoms with van der Waals surface area (Å²) in [6.45, 7) is 12.7. The van der Waals surface area contributed by atoms with Gasteiger partial charge in [0.2, 0.25) is 0 Å². The molecule has 2 aromatic rings. The van der Waals surface area contributed by atoms with Crippen molar-refractivity contribution in [2.45, 2.75) is 79.2 Å². The zero-order valence-corrected chi connectivity index (χ0v) is 18.5. The average molecular weight is 394 g/mol. The van der Waals surface area contributed by atoms with E-state index < -0.39 is 0 Å². The van der Waals surface area contributed by atoms with Gasteiger partial charge in [0.05, 0.1) is 11.3 Å². The number of Topliss-reactive ketones (excluding diaryl/α,β-unsaturated/α-hetero) is 1. The maximum Gasteiger partial charge on any atom is 0.192 e. The molecule has 29 heavy (non-hydrogen) atoms. The second-order valence-electron chi connectivity index (χ2n) is 7.87. The standard InChI is InChI=1S/C23H27NO2.C3H8/c1-4-6-7-9-18-12-19-10-8-11-24-15-21(16(3)25)23(26)14-22(24)20(19)13-17(18)5-2;1-3-2/h5,12-15H,2,4,6-11H2,1,3H3;3H2,1-2H3. The van der Waals surface area contributed by atoms with Crippen LogP contribution in [0.3, 0.4) is 0 Å². The van der Waals surface area contributed by atoms with Crippen LogP contribution in [0.5, 0.6) is 0 Å². The van der Waals surface area contributed by atoms with Gasteiger partial charge in [0, 0.05) is 24.4 Å². The Morgan fingerprint density at radius 2 is 1.90 bits per heavy atom. The lowest BCUT2D eigenvalue weighted by atomic mass is 9.92. The normalized spacial score (nSPS) is 12.1. The van der Waals surface area contributed by atoms with Crippen molar-refractivity contribution in [2.24, 2.45) is 0 Å². The summed E-state index contributed by atoms with van der Waals surface area (Å²) in [6.07, 6.45) is 11.6. The SMILES string of the molecule is C=Cc1cc2c(cc1CCCCC)CCCn1cc(C(C)=O)c(=O)cc1-2.CCC. The number of fused-ring (bicyclic) bond motifs is 3. The molecule has 3 nitrogen and oxygen atoms in total. The van der Waals surface area contributed by atoms with E-state index in [1.165, 1.54) is 43.7 Å². The monoisotopic (exact) mass is 393 g/mol. The van der Waals surface area contributed by atoms with Crippen LogP contribution in [0, 0.1) is 0 Å². The summed E-state index contributed by atoms with van der Waals surface area (Å²) in [5.41, 5.74) is 5.89. The van der Waals surface area contributed by atoms with Crippen LogP contribution >= 0.6 is 0 Å². The number of rotatable bonds is 6. The Bertz CT molecular complexity index is 921. The van der Waals surface area contributed by atoms with Crippen molar-refractivity contribution in [1.82, 2.24) is 4.57 Å². The Hall–Kier alpha value is -2.42. The molecule has 1 aromatic heterocycles. The molecule has 0 bridgehead atoms. The fourth-order valence-corrected chi connectivity index (χ4v) is 3.83. The van der Waals surface area contributed by atoms with Crippen molar-refractivity contribution in [1.29, 1.82) is 0 Å². The molecule has 156 valence electrons. The van der Waals surface area contributed by atoms with Gasteiger partial charge in [-0.25, -0.2) is 0 Å². The first kappa shape index (κ1) is 22.9. The predicted octanol–water partition coefficient (Wildman–Crippen LogP) is 6.46. The highest BCUT2D eigenvalue weighted by molar-refractivity contribution is 5.94. The van der Waals surface area contributed by atoms with Crippen molar-refractivity contribution in [3.8, 4) is 11.3 Å². The van der Waals surface area contributed by atoms with Gasteiger partial charge < -0.3 is 4.57 Å². The van der Waals surface area contributed by atoms with Crippen LogP contribution in [0.15, 0.2) is 35.8 Å². The molecular weight excluding hydrogens is 358 g/mol. The Morgan fingerprint density at radius 1 is 1.17 bits per heavy atom. The lowest BCUT2D eigenvalue weighted by molar-refractivity contribution is 0.101. The van der Waals surface area contributed by atoms with Crippen LogP contribution in [-0.4, -0.2) is 10.4 Å². The predicted molar refractivity (Wildman–Crippen MR) is 124 cm³/mol. The van der Waals surface area contributed by atoms with E-state index in [-0.39, 0.29) is 16.8 Å². The van der Waals surface area contributed by atoms with E-state index in [1.54, 1.807) is 12.3 Å². The van der Waals surface area contributed by atoms with Crippen LogP contribution in [0.4, 0.5) is 0 Å². The van der Waals surface area contributed by atoms with E-state index in [4.69, 9.17) is 0 Å². The molecule has 0 aliphatic carbocycles. The first-order valence-electron chi connectivity index (χ1n) is 11.0. The topological polar surface area (TPSA) is 39.1 Å². The number of benzene rings is 1. The van der Waals surface area contributed by atoms with Crippen LogP contribution in [0.2, 0.25) is 0 Å². The molecule has 1 aliphatic heterocycles. The smallest absolute Gasteiger partial charge is 0.192 e. The highest BCUT2D eigenvalue weighted by Crippen LogP contribution is 2.32. The highest BCUT2D eigenvalue weighted by atomic mass is 16.1. The Kier molecular flexibility index (Phi) is 8.63. The van der Waals surface area contributed by atoms with Crippen molar-refractivity contribution in [2.75, 3.05) is 0 Å². The van der Waals surface area contributed by atoms with Gasteiger partial charge in [0.1, 0.15) is 0 Å². The molecule has 1 aliphatic rings. The molecule has 0 N–H and O–H groups in total. The minimum Gasteiger partial charge on any atom is -0.346 e. The van der Waals surface area contributed by atoms with E-state index in [1.807, 2.05) is 6.08 Å². The third kappa shape index (κ3) is 5.56. The molecule has 2 heterocycles. The fourth-order valence-electron chi connectivity index (χ4n) is 3.83. The van der Waals surface area contributed by atoms with Crippen LogP contribution < -0.4 is 5.43 Å². The second-order valence-corrected chi connectivity index (χ2v) is 7.87. The summed E-state index contributed by atoms with van der Waals surface area (Å²) >= 11 is 0. The van der Waals surface area contributed by atoms with Gasteiger partial charge in [-0.2, -0.15) is 0 Å². The maximum absolute atomic E-state index is 12.4. The molecule has 0 atom stereocenters. The number of nitrogens with zero attached hydrogens (tertiary/aromatic N) is 1. The minimum absolute atomic E-state index is 0.173. The molecule has 3 heteroatoms. The van der Waals surface area contributed by atoms with E-state index in [0.29, 0.717) is 0 Å². The molecule has 0 saturated heterocycles. The van der Waals surface area contributed by atoms with Crippen LogP contribution in [0.25, 0.3) is 17.3 Å². The van der Waals surface area contributed by atoms with Gasteiger partial charge in [-0.1, -0.05) is 58.8 Å². The zero-order chi connectivity index (χ0) is 21.4. The van der Waals surface area contributed by atoms with Gasteiger partial charge in [0.25, 0.3) is 0 Å². The molecule has 0 amide bonds. The summed E-state index contributed by atoms with van der Waals surface area (Å²) in [4.78, 5) is 24.1. The molecule has 0 spiro atoms. The largest absolute Gasteiger partial charge is 0.346 e. The minimum atomic E-state index is -0.191. The number of unbranched alkanes of at least 4 members (excludes halogenated alkanes) is 2. The molecule has 0 unspecified atom stereocenters. The molecule has 0 fully saturated rings. The van der Waals surface area contributed by atoms with Crippen molar-refractivity contribution >= 4 is 11.9 Å².